The van der Waals surface area contributed by atoms with E-state index >= 15 is 0 Å². The molecule has 3 rings (SSSR count). The van der Waals surface area contributed by atoms with Gasteiger partial charge in [0.25, 0.3) is 5.91 Å². The Bertz CT molecular complexity index is 1360. The number of alkyl carbamates (subject to hydrolysis) is 1. The minimum atomic E-state index is -0.945. The van der Waals surface area contributed by atoms with Crippen molar-refractivity contribution in [1.82, 2.24) is 10.2 Å². The molecule has 3 aromatic carbocycles. The molecule has 3 aromatic rings. The van der Waals surface area contributed by atoms with Crippen molar-refractivity contribution in [3.63, 3.8) is 0 Å². The summed E-state index contributed by atoms with van der Waals surface area (Å²) in [6, 6.07) is 21.3. The van der Waals surface area contributed by atoms with Crippen LogP contribution in [0.3, 0.4) is 0 Å². The zero-order chi connectivity index (χ0) is 32.3. The third-order valence-corrected chi connectivity index (χ3v) is 7.49. The number of carbonyl (C=O) groups excluding carboxylic acids is 3. The van der Waals surface area contributed by atoms with E-state index in [0.29, 0.717) is 12.1 Å². The van der Waals surface area contributed by atoms with Gasteiger partial charge in [0.2, 0.25) is 5.91 Å². The lowest BCUT2D eigenvalue weighted by atomic mass is 9.98. The lowest BCUT2D eigenvalue weighted by molar-refractivity contribution is -0.140. The molecule has 0 aliphatic heterocycles. The number of nitrogens with zero attached hydrogens (tertiary/aromatic N) is 1. The molecule has 0 saturated carbocycles. The van der Waals surface area contributed by atoms with E-state index in [1.54, 1.807) is 25.7 Å². The third-order valence-electron chi connectivity index (χ3n) is 7.49. The Balaban J connectivity index is 2.08. The molecule has 0 radical (unpaired) electrons. The maximum Gasteiger partial charge on any atom is 0.408 e. The Morgan fingerprint density at radius 3 is 2.05 bits per heavy atom. The summed E-state index contributed by atoms with van der Waals surface area (Å²) in [5.74, 6) is -0.635. The SMILES string of the molecule is CCCCCCN(C(=O)C(Cc1ccccc1)NC(=O)OC(C)(C)C)C(C(=O)Nc1c(C)cccc1C)c1ccc(C)cc1. The predicted octanol–water partition coefficient (Wildman–Crippen LogP) is 7.84. The highest BCUT2D eigenvalue weighted by Crippen LogP contribution is 2.28. The number of para-hydroxylation sites is 1. The maximum absolute atomic E-state index is 14.7. The van der Waals surface area contributed by atoms with Crippen LogP contribution in [0, 0.1) is 20.8 Å². The molecule has 2 N–H and O–H groups in total. The average molecular weight is 600 g/mol. The molecule has 0 bridgehead atoms. The molecule has 7 nitrogen and oxygen atoms in total. The third kappa shape index (κ3) is 10.2. The molecule has 0 saturated heterocycles. The van der Waals surface area contributed by atoms with E-state index in [1.165, 1.54) is 0 Å². The standard InChI is InChI=1S/C37H49N3O4/c1-8-9-10-14-24-40(35(42)31(25-29-18-12-11-13-19-29)38-36(43)44-37(5,6)7)33(30-22-20-26(2)21-23-30)34(41)39-32-27(3)16-15-17-28(32)4/h11-13,15-23,31,33H,8-10,14,24-25H2,1-7H3,(H,38,43)(H,39,41). The van der Waals surface area contributed by atoms with E-state index in [0.717, 1.165) is 53.6 Å². The van der Waals surface area contributed by atoms with E-state index in [4.69, 9.17) is 4.74 Å². The van der Waals surface area contributed by atoms with Gasteiger partial charge in [0.1, 0.15) is 17.7 Å². The number of ether oxygens (including phenoxy) is 1. The van der Waals surface area contributed by atoms with Crippen molar-refractivity contribution < 1.29 is 19.1 Å². The maximum atomic E-state index is 14.7. The van der Waals surface area contributed by atoms with Crippen molar-refractivity contribution >= 4 is 23.6 Å². The van der Waals surface area contributed by atoms with Crippen molar-refractivity contribution in [2.75, 3.05) is 11.9 Å². The Kier molecular flexibility index (Phi) is 12.6. The largest absolute Gasteiger partial charge is 0.444 e. The van der Waals surface area contributed by atoms with Gasteiger partial charge in [-0.1, -0.05) is 105 Å². The van der Waals surface area contributed by atoms with E-state index in [1.807, 2.05) is 93.6 Å². The Morgan fingerprint density at radius 1 is 0.818 bits per heavy atom. The van der Waals surface area contributed by atoms with Gasteiger partial charge < -0.3 is 20.3 Å². The highest BCUT2D eigenvalue weighted by molar-refractivity contribution is 6.00. The van der Waals surface area contributed by atoms with Crippen molar-refractivity contribution in [3.8, 4) is 0 Å². The number of rotatable bonds is 13. The molecule has 236 valence electrons. The van der Waals surface area contributed by atoms with Crippen molar-refractivity contribution in [2.45, 2.75) is 98.3 Å². The number of nitrogens with one attached hydrogen (secondary N) is 2. The van der Waals surface area contributed by atoms with Crippen LogP contribution in [-0.4, -0.2) is 41.0 Å². The molecule has 2 atom stereocenters. The first kappa shape index (κ1) is 34.4. The molecule has 0 heterocycles. The number of anilines is 1. The van der Waals surface area contributed by atoms with E-state index in [2.05, 4.69) is 17.6 Å². The number of benzene rings is 3. The summed E-state index contributed by atoms with van der Waals surface area (Å²) in [5, 5.41) is 5.99. The van der Waals surface area contributed by atoms with Gasteiger partial charge >= 0.3 is 6.09 Å². The summed E-state index contributed by atoms with van der Waals surface area (Å²) in [4.78, 5) is 43.6. The first-order valence-corrected chi connectivity index (χ1v) is 15.7. The second-order valence-corrected chi connectivity index (χ2v) is 12.6. The lowest BCUT2D eigenvalue weighted by Crippen LogP contribution is -2.53. The minimum absolute atomic E-state index is 0.253. The zero-order valence-corrected chi connectivity index (χ0v) is 27.4. The fourth-order valence-electron chi connectivity index (χ4n) is 5.20. The number of hydrogen-bond donors (Lipinski definition) is 2. The van der Waals surface area contributed by atoms with Gasteiger partial charge in [0.05, 0.1) is 0 Å². The van der Waals surface area contributed by atoms with Gasteiger partial charge in [-0.05, 0) is 70.2 Å². The van der Waals surface area contributed by atoms with Crippen molar-refractivity contribution in [2.24, 2.45) is 0 Å². The lowest BCUT2D eigenvalue weighted by Gasteiger charge is -2.35. The number of unbranched alkanes of at least 4 members (excludes halogenated alkanes) is 3. The van der Waals surface area contributed by atoms with Gasteiger partial charge in [-0.2, -0.15) is 0 Å². The Morgan fingerprint density at radius 2 is 1.45 bits per heavy atom. The summed E-state index contributed by atoms with van der Waals surface area (Å²) in [6.45, 7) is 13.7. The molecule has 3 amide bonds. The summed E-state index contributed by atoms with van der Waals surface area (Å²) < 4.78 is 5.56. The van der Waals surface area contributed by atoms with Crippen LogP contribution in [0.1, 0.15) is 87.2 Å². The van der Waals surface area contributed by atoms with Gasteiger partial charge in [0.15, 0.2) is 0 Å². The first-order chi connectivity index (χ1) is 20.9. The van der Waals surface area contributed by atoms with Crippen LogP contribution in [0.25, 0.3) is 0 Å². The highest BCUT2D eigenvalue weighted by atomic mass is 16.6. The molecule has 0 aliphatic rings. The number of hydrogen-bond acceptors (Lipinski definition) is 4. The van der Waals surface area contributed by atoms with Gasteiger partial charge in [-0.25, -0.2) is 4.79 Å². The second kappa shape index (κ2) is 16.1. The van der Waals surface area contributed by atoms with Crippen LogP contribution >= 0.6 is 0 Å². The molecule has 0 spiro atoms. The van der Waals surface area contributed by atoms with E-state index < -0.39 is 23.8 Å². The van der Waals surface area contributed by atoms with Crippen molar-refractivity contribution in [1.29, 1.82) is 0 Å². The fraction of sp³-hybridized carbons (Fsp3) is 0.432. The van der Waals surface area contributed by atoms with E-state index in [-0.39, 0.29) is 18.2 Å². The normalized spacial score (nSPS) is 12.6. The van der Waals surface area contributed by atoms with Crippen LogP contribution in [0.15, 0.2) is 72.8 Å². The van der Waals surface area contributed by atoms with Crippen LogP contribution in [0.5, 0.6) is 0 Å². The fourth-order valence-corrected chi connectivity index (χ4v) is 5.20. The Hall–Kier alpha value is -4.13. The second-order valence-electron chi connectivity index (χ2n) is 12.6. The number of amides is 3. The highest BCUT2D eigenvalue weighted by Gasteiger charge is 2.36. The summed E-state index contributed by atoms with van der Waals surface area (Å²) >= 11 is 0. The van der Waals surface area contributed by atoms with Crippen LogP contribution < -0.4 is 10.6 Å². The molecule has 44 heavy (non-hydrogen) atoms. The Labute approximate surface area is 263 Å². The first-order valence-electron chi connectivity index (χ1n) is 15.7. The molecule has 0 aliphatic carbocycles. The summed E-state index contributed by atoms with van der Waals surface area (Å²) in [5.41, 5.74) is 4.53. The van der Waals surface area contributed by atoms with Crippen LogP contribution in [0.2, 0.25) is 0 Å². The smallest absolute Gasteiger partial charge is 0.408 e. The topological polar surface area (TPSA) is 87.7 Å². The molecule has 0 fully saturated rings. The minimum Gasteiger partial charge on any atom is -0.444 e. The van der Waals surface area contributed by atoms with Gasteiger partial charge in [0, 0.05) is 18.7 Å². The summed E-state index contributed by atoms with van der Waals surface area (Å²) in [6.07, 6.45) is 3.29. The predicted molar refractivity (Wildman–Crippen MR) is 178 cm³/mol. The van der Waals surface area contributed by atoms with E-state index in [9.17, 15) is 14.4 Å². The zero-order valence-electron chi connectivity index (χ0n) is 27.4. The van der Waals surface area contributed by atoms with Crippen LogP contribution in [0.4, 0.5) is 10.5 Å². The van der Waals surface area contributed by atoms with Crippen LogP contribution in [-0.2, 0) is 20.7 Å². The average Bonchev–Trinajstić information content (AvgIpc) is 2.96. The quantitative estimate of drug-likeness (QED) is 0.196. The molecule has 7 heteroatoms. The molecule has 0 aromatic heterocycles. The monoisotopic (exact) mass is 599 g/mol. The summed E-state index contributed by atoms with van der Waals surface area (Å²) in [7, 11) is 0. The molecule has 2 unspecified atom stereocenters. The number of carbonyl (C=O) groups is 3. The molecular weight excluding hydrogens is 550 g/mol. The van der Waals surface area contributed by atoms with Gasteiger partial charge in [-0.3, -0.25) is 9.59 Å². The van der Waals surface area contributed by atoms with Gasteiger partial charge in [-0.15, -0.1) is 0 Å². The number of aryl methyl sites for hydroxylation is 3. The van der Waals surface area contributed by atoms with Crippen molar-refractivity contribution in [3.05, 3.63) is 101 Å². The molecular formula is C37H49N3O4.